The van der Waals surface area contributed by atoms with Gasteiger partial charge in [0, 0.05) is 18.8 Å². The number of carbonyl (C=O) groups is 2. The summed E-state index contributed by atoms with van der Waals surface area (Å²) < 4.78 is 47.5. The van der Waals surface area contributed by atoms with Gasteiger partial charge in [-0.1, -0.05) is 6.07 Å². The summed E-state index contributed by atoms with van der Waals surface area (Å²) in [5.41, 5.74) is -0.946. The number of halogens is 3. The number of hydrogen-bond acceptors (Lipinski definition) is 5. The zero-order valence-electron chi connectivity index (χ0n) is 15.2. The maximum absolute atomic E-state index is 14.1. The summed E-state index contributed by atoms with van der Waals surface area (Å²) in [4.78, 5) is 28.3. The quantitative estimate of drug-likeness (QED) is 0.680. The average Bonchev–Trinajstić information content (AvgIpc) is 3.04. The number of methoxy groups -OCH3 is 1. The van der Waals surface area contributed by atoms with Gasteiger partial charge in [0.15, 0.2) is 0 Å². The Balaban J connectivity index is 1.84. The van der Waals surface area contributed by atoms with E-state index < -0.39 is 40.5 Å². The molecule has 2 aromatic carbocycles. The molecule has 0 aliphatic heterocycles. The molecule has 11 heteroatoms. The van der Waals surface area contributed by atoms with E-state index in [1.165, 1.54) is 37.0 Å². The molecule has 0 atom stereocenters. The Morgan fingerprint density at radius 1 is 1.03 bits per heavy atom. The third kappa shape index (κ3) is 4.34. The lowest BCUT2D eigenvalue weighted by Crippen LogP contribution is -2.18. The van der Waals surface area contributed by atoms with E-state index in [4.69, 9.17) is 4.74 Å². The number of carbonyl (C=O) groups excluding carboxylic acids is 2. The predicted molar refractivity (Wildman–Crippen MR) is 96.2 cm³/mol. The largest absolute Gasteiger partial charge is 0.467 e. The second kappa shape index (κ2) is 8.00. The highest BCUT2D eigenvalue weighted by atomic mass is 19.1. The minimum atomic E-state index is -1.16. The number of hydrogen-bond donors (Lipinski definition) is 2. The van der Waals surface area contributed by atoms with Crippen molar-refractivity contribution in [3.05, 3.63) is 65.2 Å². The summed E-state index contributed by atoms with van der Waals surface area (Å²) >= 11 is 0. The molecule has 0 spiro atoms. The maximum Gasteiger partial charge on any atom is 0.314 e. The van der Waals surface area contributed by atoms with E-state index in [9.17, 15) is 22.8 Å². The number of ether oxygens (including phenoxy) is 1. The molecular weight excluding hydrogens is 391 g/mol. The number of amides is 2. The van der Waals surface area contributed by atoms with E-state index in [0.29, 0.717) is 6.07 Å². The smallest absolute Gasteiger partial charge is 0.314 e. The van der Waals surface area contributed by atoms with Crippen LogP contribution in [0.25, 0.3) is 0 Å². The number of aromatic nitrogens is 3. The average molecular weight is 405 g/mol. The first kappa shape index (κ1) is 19.9. The predicted octanol–water partition coefficient (Wildman–Crippen LogP) is 2.75. The molecule has 0 radical (unpaired) electrons. The third-order valence-corrected chi connectivity index (χ3v) is 3.74. The highest BCUT2D eigenvalue weighted by Crippen LogP contribution is 2.22. The van der Waals surface area contributed by atoms with Gasteiger partial charge in [-0.2, -0.15) is 4.98 Å². The molecule has 2 N–H and O–H groups in total. The van der Waals surface area contributed by atoms with Crippen molar-refractivity contribution in [3.63, 3.8) is 0 Å². The van der Waals surface area contributed by atoms with E-state index in [1.54, 1.807) is 0 Å². The summed E-state index contributed by atoms with van der Waals surface area (Å²) in [6.45, 7) is 0. The maximum atomic E-state index is 14.1. The van der Waals surface area contributed by atoms with E-state index in [1.807, 2.05) is 0 Å². The van der Waals surface area contributed by atoms with Crippen molar-refractivity contribution in [1.82, 2.24) is 14.8 Å². The Morgan fingerprint density at radius 2 is 1.79 bits per heavy atom. The van der Waals surface area contributed by atoms with Crippen molar-refractivity contribution in [2.75, 3.05) is 17.7 Å². The van der Waals surface area contributed by atoms with Gasteiger partial charge in [0.05, 0.1) is 18.4 Å². The topological polar surface area (TPSA) is 98.1 Å². The molecule has 1 aromatic heterocycles. The molecule has 0 fully saturated rings. The molecule has 0 saturated heterocycles. The highest BCUT2D eigenvalue weighted by molar-refractivity contribution is 6.06. The normalized spacial score (nSPS) is 10.5. The molecular formula is C18H14F3N5O3. The fraction of sp³-hybridized carbons (Fsp3) is 0.111. The van der Waals surface area contributed by atoms with Crippen molar-refractivity contribution < 1.29 is 27.5 Å². The SMILES string of the molecule is COc1nc(C(=O)Nc2cc(C(=O)Nc3cccc(F)c3)c(F)cc2F)nn1C. The Kier molecular flexibility index (Phi) is 5.48. The van der Waals surface area contributed by atoms with Crippen molar-refractivity contribution >= 4 is 23.2 Å². The Bertz CT molecular complexity index is 1100. The molecule has 0 bridgehead atoms. The fourth-order valence-corrected chi connectivity index (χ4v) is 2.41. The van der Waals surface area contributed by atoms with E-state index in [0.717, 1.165) is 12.1 Å². The molecule has 0 aliphatic rings. The lowest BCUT2D eigenvalue weighted by molar-refractivity contribution is 0.100. The van der Waals surface area contributed by atoms with Crippen LogP contribution in [0, 0.1) is 17.5 Å². The second-order valence-electron chi connectivity index (χ2n) is 5.78. The molecule has 3 rings (SSSR count). The van der Waals surface area contributed by atoms with Crippen LogP contribution >= 0.6 is 0 Å². The summed E-state index contributed by atoms with van der Waals surface area (Å²) in [5, 5.41) is 8.27. The van der Waals surface area contributed by atoms with Gasteiger partial charge in [-0.25, -0.2) is 17.9 Å². The Morgan fingerprint density at radius 3 is 2.45 bits per heavy atom. The zero-order valence-corrected chi connectivity index (χ0v) is 15.2. The second-order valence-corrected chi connectivity index (χ2v) is 5.78. The molecule has 0 saturated carbocycles. The van der Waals surface area contributed by atoms with Crippen LogP contribution in [-0.2, 0) is 7.05 Å². The van der Waals surface area contributed by atoms with Crippen molar-refractivity contribution in [2.45, 2.75) is 0 Å². The van der Waals surface area contributed by atoms with Crippen LogP contribution in [0.15, 0.2) is 36.4 Å². The highest BCUT2D eigenvalue weighted by Gasteiger charge is 2.21. The van der Waals surface area contributed by atoms with Crippen molar-refractivity contribution in [1.29, 1.82) is 0 Å². The van der Waals surface area contributed by atoms with Crippen LogP contribution in [0.1, 0.15) is 21.0 Å². The summed E-state index contributed by atoms with van der Waals surface area (Å²) in [5.74, 6) is -5.05. The number of nitrogens with zero attached hydrogens (tertiary/aromatic N) is 3. The van der Waals surface area contributed by atoms with Gasteiger partial charge in [-0.05, 0) is 24.3 Å². The van der Waals surface area contributed by atoms with E-state index in [2.05, 4.69) is 20.7 Å². The number of rotatable bonds is 5. The standard InChI is InChI=1S/C18H14F3N5O3/c1-26-18(29-2)24-15(25-26)17(28)23-14-7-11(12(20)8-13(14)21)16(27)22-10-5-3-4-9(19)6-10/h3-8H,1-2H3,(H,22,27)(H,23,28). The molecule has 29 heavy (non-hydrogen) atoms. The molecule has 0 unspecified atom stereocenters. The van der Waals surface area contributed by atoms with Gasteiger partial charge >= 0.3 is 6.01 Å². The Labute approximate surface area is 162 Å². The van der Waals surface area contributed by atoms with E-state index in [-0.39, 0.29) is 17.5 Å². The summed E-state index contributed by atoms with van der Waals surface area (Å²) in [7, 11) is 2.81. The first-order valence-corrected chi connectivity index (χ1v) is 8.11. The van der Waals surface area contributed by atoms with Gasteiger partial charge in [-0.3, -0.25) is 9.59 Å². The molecule has 1 heterocycles. The van der Waals surface area contributed by atoms with Crippen molar-refractivity contribution in [2.24, 2.45) is 7.05 Å². The molecule has 0 aliphatic carbocycles. The van der Waals surface area contributed by atoms with Gasteiger partial charge in [0.2, 0.25) is 5.82 Å². The first-order valence-electron chi connectivity index (χ1n) is 8.11. The minimum absolute atomic E-state index is 0.0462. The molecule has 8 nitrogen and oxygen atoms in total. The van der Waals surface area contributed by atoms with Gasteiger partial charge < -0.3 is 15.4 Å². The summed E-state index contributed by atoms with van der Waals surface area (Å²) in [6, 6.07) is 6.26. The van der Waals surface area contributed by atoms with Crippen LogP contribution in [0.5, 0.6) is 6.01 Å². The fourth-order valence-electron chi connectivity index (χ4n) is 2.41. The van der Waals surface area contributed by atoms with Crippen LogP contribution in [-0.4, -0.2) is 33.7 Å². The monoisotopic (exact) mass is 405 g/mol. The van der Waals surface area contributed by atoms with Gasteiger partial charge in [-0.15, -0.1) is 5.10 Å². The van der Waals surface area contributed by atoms with Gasteiger partial charge in [0.1, 0.15) is 17.5 Å². The van der Waals surface area contributed by atoms with Crippen LogP contribution < -0.4 is 15.4 Å². The van der Waals surface area contributed by atoms with Crippen molar-refractivity contribution in [3.8, 4) is 6.01 Å². The Hall–Kier alpha value is -3.89. The summed E-state index contributed by atoms with van der Waals surface area (Å²) in [6.07, 6.45) is 0. The zero-order chi connectivity index (χ0) is 21.1. The number of aryl methyl sites for hydroxylation is 1. The van der Waals surface area contributed by atoms with Gasteiger partial charge in [0.25, 0.3) is 11.8 Å². The van der Waals surface area contributed by atoms with Crippen LogP contribution in [0.4, 0.5) is 24.5 Å². The lowest BCUT2D eigenvalue weighted by Gasteiger charge is -2.10. The molecule has 150 valence electrons. The molecule has 2 amide bonds. The third-order valence-electron chi connectivity index (χ3n) is 3.74. The number of nitrogens with one attached hydrogen (secondary N) is 2. The van der Waals surface area contributed by atoms with Crippen LogP contribution in [0.3, 0.4) is 0 Å². The lowest BCUT2D eigenvalue weighted by atomic mass is 10.1. The first-order chi connectivity index (χ1) is 13.8. The molecule has 3 aromatic rings. The number of anilines is 2. The minimum Gasteiger partial charge on any atom is -0.467 e. The van der Waals surface area contributed by atoms with E-state index >= 15 is 0 Å². The number of benzene rings is 2. The van der Waals surface area contributed by atoms with Crippen LogP contribution in [0.2, 0.25) is 0 Å².